The first-order valence-corrected chi connectivity index (χ1v) is 6.12. The molecule has 0 aliphatic rings. The van der Waals surface area contributed by atoms with Gasteiger partial charge in [-0.05, 0) is 30.2 Å². The van der Waals surface area contributed by atoms with Gasteiger partial charge in [0.15, 0.2) is 0 Å². The highest BCUT2D eigenvalue weighted by molar-refractivity contribution is 5.55. The summed E-state index contributed by atoms with van der Waals surface area (Å²) in [6, 6.07) is 4.78. The molecule has 0 aliphatic heterocycles. The number of benzene rings is 1. The number of rotatable bonds is 3. The molecular formula is C14H14F3N3. The van der Waals surface area contributed by atoms with Crippen molar-refractivity contribution < 1.29 is 13.2 Å². The average Bonchev–Trinajstić information content (AvgIpc) is 2.39. The predicted molar refractivity (Wildman–Crippen MR) is 70.8 cm³/mol. The molecule has 106 valence electrons. The maximum absolute atomic E-state index is 12.4. The first kappa shape index (κ1) is 14.3. The van der Waals surface area contributed by atoms with E-state index in [1.165, 1.54) is 12.1 Å². The van der Waals surface area contributed by atoms with E-state index in [0.717, 1.165) is 17.8 Å². The van der Waals surface area contributed by atoms with Crippen molar-refractivity contribution in [2.24, 2.45) is 0 Å². The second-order valence-electron chi connectivity index (χ2n) is 4.68. The van der Waals surface area contributed by atoms with Crippen LogP contribution in [0.5, 0.6) is 0 Å². The van der Waals surface area contributed by atoms with Crippen molar-refractivity contribution in [2.45, 2.75) is 25.9 Å². The summed E-state index contributed by atoms with van der Waals surface area (Å²) < 4.78 is 37.3. The summed E-state index contributed by atoms with van der Waals surface area (Å²) >= 11 is 0. The lowest BCUT2D eigenvalue weighted by atomic mass is 10.1. The molecule has 3 nitrogen and oxygen atoms in total. The van der Waals surface area contributed by atoms with Crippen LogP contribution in [0.2, 0.25) is 0 Å². The quantitative estimate of drug-likeness (QED) is 0.908. The van der Waals surface area contributed by atoms with Crippen LogP contribution in [-0.4, -0.2) is 9.97 Å². The molecule has 0 amide bonds. The lowest BCUT2D eigenvalue weighted by molar-refractivity contribution is -0.137. The summed E-state index contributed by atoms with van der Waals surface area (Å²) in [5.41, 5.74) is 0.719. The third kappa shape index (κ3) is 3.46. The lowest BCUT2D eigenvalue weighted by Crippen LogP contribution is -2.04. The van der Waals surface area contributed by atoms with Gasteiger partial charge in [-0.2, -0.15) is 13.2 Å². The molecule has 0 fully saturated rings. The van der Waals surface area contributed by atoms with Gasteiger partial charge in [0.1, 0.15) is 5.82 Å². The summed E-state index contributed by atoms with van der Waals surface area (Å²) in [5, 5.41) is 2.91. The van der Waals surface area contributed by atoms with Gasteiger partial charge in [-0.1, -0.05) is 13.8 Å². The van der Waals surface area contributed by atoms with Crippen molar-refractivity contribution in [3.05, 3.63) is 47.9 Å². The summed E-state index contributed by atoms with van der Waals surface area (Å²) in [6.45, 7) is 4.01. The van der Waals surface area contributed by atoms with Crippen LogP contribution < -0.4 is 5.32 Å². The van der Waals surface area contributed by atoms with Gasteiger partial charge in [-0.3, -0.25) is 4.98 Å². The zero-order chi connectivity index (χ0) is 14.8. The van der Waals surface area contributed by atoms with Crippen LogP contribution in [0, 0.1) is 0 Å². The van der Waals surface area contributed by atoms with Gasteiger partial charge < -0.3 is 5.32 Å². The van der Waals surface area contributed by atoms with Crippen LogP contribution in [0.15, 0.2) is 36.7 Å². The van der Waals surface area contributed by atoms with E-state index in [4.69, 9.17) is 0 Å². The van der Waals surface area contributed by atoms with Crippen molar-refractivity contribution in [3.63, 3.8) is 0 Å². The number of hydrogen-bond donors (Lipinski definition) is 1. The minimum atomic E-state index is -4.32. The van der Waals surface area contributed by atoms with Gasteiger partial charge >= 0.3 is 6.18 Å². The SMILES string of the molecule is CC(C)c1cnc(Nc2ccc(C(F)(F)F)cc2)cn1. The summed E-state index contributed by atoms with van der Waals surface area (Å²) in [4.78, 5) is 8.40. The van der Waals surface area contributed by atoms with Crippen LogP contribution in [0.3, 0.4) is 0 Å². The summed E-state index contributed by atoms with van der Waals surface area (Å²) in [7, 11) is 0. The molecule has 0 atom stereocenters. The second kappa shape index (κ2) is 5.48. The van der Waals surface area contributed by atoms with Crippen molar-refractivity contribution in [1.82, 2.24) is 9.97 Å². The molecule has 0 bridgehead atoms. The Labute approximate surface area is 114 Å². The van der Waals surface area contributed by atoms with Crippen LogP contribution in [-0.2, 0) is 6.18 Å². The molecule has 0 radical (unpaired) electrons. The van der Waals surface area contributed by atoms with Gasteiger partial charge in [0, 0.05) is 5.69 Å². The van der Waals surface area contributed by atoms with Gasteiger partial charge in [0.2, 0.25) is 0 Å². The minimum absolute atomic E-state index is 0.280. The van der Waals surface area contributed by atoms with Gasteiger partial charge in [0.05, 0.1) is 23.7 Å². The smallest absolute Gasteiger partial charge is 0.339 e. The maximum Gasteiger partial charge on any atom is 0.416 e. The molecule has 1 heterocycles. The first-order chi connectivity index (χ1) is 9.36. The topological polar surface area (TPSA) is 37.8 Å². The summed E-state index contributed by atoms with van der Waals surface area (Å²) in [6.07, 6.45) is -1.11. The molecule has 20 heavy (non-hydrogen) atoms. The fourth-order valence-corrected chi connectivity index (χ4v) is 1.59. The molecule has 2 aromatic rings. The molecule has 1 N–H and O–H groups in total. The van der Waals surface area contributed by atoms with Crippen LogP contribution in [0.25, 0.3) is 0 Å². The number of anilines is 2. The Morgan fingerprint density at radius 2 is 1.65 bits per heavy atom. The number of halogens is 3. The highest BCUT2D eigenvalue weighted by Gasteiger charge is 2.29. The normalized spacial score (nSPS) is 11.7. The Kier molecular flexibility index (Phi) is 3.92. The zero-order valence-electron chi connectivity index (χ0n) is 11.1. The molecule has 1 aromatic carbocycles. The molecule has 0 aliphatic carbocycles. The molecule has 0 saturated carbocycles. The van der Waals surface area contributed by atoms with Crippen LogP contribution >= 0.6 is 0 Å². The minimum Gasteiger partial charge on any atom is -0.339 e. The Bertz CT molecular complexity index is 560. The number of alkyl halides is 3. The first-order valence-electron chi connectivity index (χ1n) is 6.12. The summed E-state index contributed by atoms with van der Waals surface area (Å²) in [5.74, 6) is 0.775. The van der Waals surface area contributed by atoms with E-state index in [0.29, 0.717) is 11.5 Å². The monoisotopic (exact) mass is 281 g/mol. The number of hydrogen-bond acceptors (Lipinski definition) is 3. The van der Waals surface area contributed by atoms with E-state index in [-0.39, 0.29) is 5.92 Å². The molecule has 0 unspecified atom stereocenters. The standard InChI is InChI=1S/C14H14F3N3/c1-9(2)12-7-19-13(8-18-12)20-11-5-3-10(4-6-11)14(15,16)17/h3-9H,1-2H3,(H,19,20). The third-order valence-electron chi connectivity index (χ3n) is 2.75. The van der Waals surface area contributed by atoms with Crippen molar-refractivity contribution in [2.75, 3.05) is 5.32 Å². The fourth-order valence-electron chi connectivity index (χ4n) is 1.59. The van der Waals surface area contributed by atoms with E-state index in [9.17, 15) is 13.2 Å². The Balaban J connectivity index is 2.10. The highest BCUT2D eigenvalue weighted by atomic mass is 19.4. The third-order valence-corrected chi connectivity index (χ3v) is 2.75. The Morgan fingerprint density at radius 1 is 1.00 bits per heavy atom. The van der Waals surface area contributed by atoms with E-state index >= 15 is 0 Å². The largest absolute Gasteiger partial charge is 0.416 e. The molecule has 6 heteroatoms. The highest BCUT2D eigenvalue weighted by Crippen LogP contribution is 2.30. The molecular weight excluding hydrogens is 267 g/mol. The number of nitrogens with one attached hydrogen (secondary N) is 1. The second-order valence-corrected chi connectivity index (χ2v) is 4.68. The average molecular weight is 281 g/mol. The van der Waals surface area contributed by atoms with Gasteiger partial charge in [-0.25, -0.2) is 4.98 Å². The number of nitrogens with zero attached hydrogens (tertiary/aromatic N) is 2. The zero-order valence-corrected chi connectivity index (χ0v) is 11.1. The van der Waals surface area contributed by atoms with Gasteiger partial charge in [-0.15, -0.1) is 0 Å². The Morgan fingerprint density at radius 3 is 2.10 bits per heavy atom. The van der Waals surface area contributed by atoms with Gasteiger partial charge in [0.25, 0.3) is 0 Å². The van der Waals surface area contributed by atoms with Crippen molar-refractivity contribution >= 4 is 11.5 Å². The van der Waals surface area contributed by atoms with E-state index in [1.54, 1.807) is 12.4 Å². The van der Waals surface area contributed by atoms with Crippen LogP contribution in [0.1, 0.15) is 31.0 Å². The van der Waals surface area contributed by atoms with E-state index < -0.39 is 11.7 Å². The lowest BCUT2D eigenvalue weighted by Gasteiger charge is -2.09. The van der Waals surface area contributed by atoms with Crippen molar-refractivity contribution in [3.8, 4) is 0 Å². The van der Waals surface area contributed by atoms with Crippen molar-refractivity contribution in [1.29, 1.82) is 0 Å². The number of aromatic nitrogens is 2. The Hall–Kier alpha value is -2.11. The molecule has 2 rings (SSSR count). The van der Waals surface area contributed by atoms with E-state index in [2.05, 4.69) is 15.3 Å². The maximum atomic E-state index is 12.4. The molecule has 1 aromatic heterocycles. The molecule has 0 spiro atoms. The molecule has 0 saturated heterocycles. The predicted octanol–water partition coefficient (Wildman–Crippen LogP) is 4.36. The van der Waals surface area contributed by atoms with Crippen LogP contribution in [0.4, 0.5) is 24.7 Å². The fraction of sp³-hybridized carbons (Fsp3) is 0.286. The van der Waals surface area contributed by atoms with E-state index in [1.807, 2.05) is 13.8 Å².